The Morgan fingerprint density at radius 3 is 2.12 bits per heavy atom. The third kappa shape index (κ3) is 12.1. The summed E-state index contributed by atoms with van der Waals surface area (Å²) in [5.74, 6) is -1.90. The third-order valence-electron chi connectivity index (χ3n) is 2.00. The monoisotopic (exact) mass is 250 g/mol. The summed E-state index contributed by atoms with van der Waals surface area (Å²) in [5, 5.41) is 24.7. The van der Waals surface area contributed by atoms with Crippen LogP contribution in [0.3, 0.4) is 0 Å². The number of hydrogen-bond donors (Lipinski definition) is 3. The lowest BCUT2D eigenvalue weighted by Gasteiger charge is -2.16. The minimum absolute atomic E-state index is 0.228. The van der Waals surface area contributed by atoms with E-state index in [2.05, 4.69) is 0 Å². The molecule has 0 spiro atoms. The number of rotatable bonds is 4. The topological polar surface area (TPSA) is 79.2 Å². The molecule has 5 nitrogen and oxygen atoms in total. The number of unbranched alkanes of at least 4 members (excludes halogenated alkanes) is 1. The van der Waals surface area contributed by atoms with Crippen LogP contribution < -0.4 is 0 Å². The maximum atomic E-state index is 8.57. The fourth-order valence-electron chi connectivity index (χ4n) is 1.39. The Balaban J connectivity index is 0.000000437. The van der Waals surface area contributed by atoms with E-state index in [0.717, 1.165) is 19.3 Å². The van der Waals surface area contributed by atoms with Gasteiger partial charge in [-0.2, -0.15) is 0 Å². The van der Waals surface area contributed by atoms with Gasteiger partial charge in [0, 0.05) is 6.61 Å². The summed E-state index contributed by atoms with van der Waals surface area (Å²) in [6.45, 7) is 7.42. The predicted molar refractivity (Wildman–Crippen MR) is 64.4 cm³/mol. The average Bonchev–Trinajstić information content (AvgIpc) is 2.43. The smallest absolute Gasteiger partial charge is 0.163 e. The van der Waals surface area contributed by atoms with Gasteiger partial charge in [-0.3, -0.25) is 0 Å². The first-order valence-electron chi connectivity index (χ1n) is 6.01. The van der Waals surface area contributed by atoms with Gasteiger partial charge >= 0.3 is 0 Å². The van der Waals surface area contributed by atoms with Gasteiger partial charge in [-0.25, -0.2) is 0 Å². The Kier molecular flexibility index (Phi) is 7.20. The zero-order valence-corrected chi connectivity index (χ0v) is 11.3. The summed E-state index contributed by atoms with van der Waals surface area (Å²) in [5.41, 5.74) is 0. The predicted octanol–water partition coefficient (Wildman–Crippen LogP) is 1.01. The lowest BCUT2D eigenvalue weighted by Crippen LogP contribution is -2.21. The number of aliphatic hydroxyl groups excluding tert-OH is 1. The van der Waals surface area contributed by atoms with Crippen LogP contribution in [-0.2, 0) is 9.47 Å². The molecule has 104 valence electrons. The van der Waals surface area contributed by atoms with Crippen molar-refractivity contribution in [3.8, 4) is 0 Å². The molecule has 1 saturated heterocycles. The van der Waals surface area contributed by atoms with Crippen molar-refractivity contribution in [3.63, 3.8) is 0 Å². The van der Waals surface area contributed by atoms with Gasteiger partial charge in [-0.15, -0.1) is 0 Å². The standard InChI is InChI=1S/C9H18O3.C3H8O2/c1-9(2)11-7-8(12-9)5-3-4-6-10;1-3(2,4)5/h8,10H,3-7H2,1-2H3;4-5H,1-2H3. The molecule has 0 bridgehead atoms. The quantitative estimate of drug-likeness (QED) is 0.512. The first kappa shape index (κ1) is 16.8. The van der Waals surface area contributed by atoms with E-state index >= 15 is 0 Å². The second kappa shape index (κ2) is 7.28. The molecule has 1 aliphatic rings. The van der Waals surface area contributed by atoms with Gasteiger partial charge in [-0.05, 0) is 47.0 Å². The van der Waals surface area contributed by atoms with E-state index in [0.29, 0.717) is 6.61 Å². The molecule has 0 aromatic heterocycles. The molecular weight excluding hydrogens is 224 g/mol. The molecule has 1 atom stereocenters. The van der Waals surface area contributed by atoms with Crippen LogP contribution in [0.15, 0.2) is 0 Å². The van der Waals surface area contributed by atoms with E-state index in [1.807, 2.05) is 13.8 Å². The summed E-state index contributed by atoms with van der Waals surface area (Å²) in [7, 11) is 0. The molecule has 1 fully saturated rings. The molecule has 5 heteroatoms. The number of aliphatic hydroxyl groups is 3. The van der Waals surface area contributed by atoms with E-state index in [4.69, 9.17) is 24.8 Å². The van der Waals surface area contributed by atoms with Crippen LogP contribution >= 0.6 is 0 Å². The highest BCUT2D eigenvalue weighted by Crippen LogP contribution is 2.24. The zero-order valence-electron chi connectivity index (χ0n) is 11.3. The van der Waals surface area contributed by atoms with Crippen molar-refractivity contribution in [2.45, 2.75) is 64.6 Å². The van der Waals surface area contributed by atoms with Gasteiger partial charge in [0.25, 0.3) is 0 Å². The Morgan fingerprint density at radius 2 is 1.76 bits per heavy atom. The van der Waals surface area contributed by atoms with Crippen LogP contribution in [-0.4, -0.2) is 46.2 Å². The van der Waals surface area contributed by atoms with E-state index in [9.17, 15) is 0 Å². The Labute approximate surface area is 103 Å². The van der Waals surface area contributed by atoms with Gasteiger partial charge in [0.2, 0.25) is 0 Å². The molecule has 1 heterocycles. The normalized spacial score (nSPS) is 23.1. The third-order valence-corrected chi connectivity index (χ3v) is 2.00. The van der Waals surface area contributed by atoms with Crippen molar-refractivity contribution in [3.05, 3.63) is 0 Å². The summed E-state index contributed by atoms with van der Waals surface area (Å²) in [6.07, 6.45) is 3.09. The van der Waals surface area contributed by atoms with Gasteiger partial charge in [-0.1, -0.05) is 0 Å². The van der Waals surface area contributed by atoms with Gasteiger partial charge in [0.1, 0.15) is 0 Å². The van der Waals surface area contributed by atoms with E-state index in [1.54, 1.807) is 0 Å². The molecule has 0 radical (unpaired) electrons. The summed E-state index contributed by atoms with van der Waals surface area (Å²) >= 11 is 0. The highest BCUT2D eigenvalue weighted by Gasteiger charge is 2.31. The van der Waals surface area contributed by atoms with Crippen molar-refractivity contribution in [2.24, 2.45) is 0 Å². The molecule has 0 aromatic rings. The highest BCUT2D eigenvalue weighted by molar-refractivity contribution is 4.70. The minimum atomic E-state index is -1.50. The van der Waals surface area contributed by atoms with Crippen LogP contribution in [0.4, 0.5) is 0 Å². The lowest BCUT2D eigenvalue weighted by molar-refractivity contribution is -0.139. The van der Waals surface area contributed by atoms with Crippen LogP contribution in [0.5, 0.6) is 0 Å². The molecule has 0 aliphatic carbocycles. The van der Waals surface area contributed by atoms with Gasteiger partial charge < -0.3 is 24.8 Å². The maximum Gasteiger partial charge on any atom is 0.163 e. The molecule has 1 unspecified atom stereocenters. The highest BCUT2D eigenvalue weighted by atomic mass is 16.7. The molecular formula is C12H26O5. The van der Waals surface area contributed by atoms with Crippen molar-refractivity contribution in [2.75, 3.05) is 13.2 Å². The van der Waals surface area contributed by atoms with E-state index in [1.165, 1.54) is 13.8 Å². The van der Waals surface area contributed by atoms with Crippen LogP contribution in [0.1, 0.15) is 47.0 Å². The molecule has 17 heavy (non-hydrogen) atoms. The Hall–Kier alpha value is -0.200. The van der Waals surface area contributed by atoms with Crippen LogP contribution in [0.2, 0.25) is 0 Å². The van der Waals surface area contributed by atoms with Crippen molar-refractivity contribution < 1.29 is 24.8 Å². The first-order valence-corrected chi connectivity index (χ1v) is 6.01. The van der Waals surface area contributed by atoms with Gasteiger partial charge in [0.15, 0.2) is 11.6 Å². The Morgan fingerprint density at radius 1 is 1.24 bits per heavy atom. The van der Waals surface area contributed by atoms with E-state index < -0.39 is 11.6 Å². The fraction of sp³-hybridized carbons (Fsp3) is 1.00. The molecule has 1 rings (SSSR count). The molecule has 0 saturated carbocycles. The minimum Gasteiger partial charge on any atom is -0.396 e. The van der Waals surface area contributed by atoms with Crippen molar-refractivity contribution >= 4 is 0 Å². The molecule has 1 aliphatic heterocycles. The molecule has 0 amide bonds. The summed E-state index contributed by atoms with van der Waals surface area (Å²) < 4.78 is 11.0. The van der Waals surface area contributed by atoms with Gasteiger partial charge in [0.05, 0.1) is 12.7 Å². The zero-order chi connectivity index (χ0) is 13.5. The summed E-state index contributed by atoms with van der Waals surface area (Å²) in [4.78, 5) is 0. The van der Waals surface area contributed by atoms with Crippen LogP contribution in [0, 0.1) is 0 Å². The SMILES string of the molecule is CC(C)(O)O.CC1(C)OCC(CCCCO)O1. The Bertz CT molecular complexity index is 192. The molecule has 0 aromatic carbocycles. The maximum absolute atomic E-state index is 8.57. The van der Waals surface area contributed by atoms with E-state index in [-0.39, 0.29) is 12.7 Å². The van der Waals surface area contributed by atoms with Crippen LogP contribution in [0.25, 0.3) is 0 Å². The molecule has 3 N–H and O–H groups in total. The lowest BCUT2D eigenvalue weighted by atomic mass is 10.2. The summed E-state index contributed by atoms with van der Waals surface area (Å²) in [6, 6.07) is 0. The average molecular weight is 250 g/mol. The van der Waals surface area contributed by atoms with Crippen molar-refractivity contribution in [1.82, 2.24) is 0 Å². The number of hydrogen-bond acceptors (Lipinski definition) is 5. The van der Waals surface area contributed by atoms with Crippen molar-refractivity contribution in [1.29, 1.82) is 0 Å². The fourth-order valence-corrected chi connectivity index (χ4v) is 1.39. The largest absolute Gasteiger partial charge is 0.396 e. The number of ether oxygens (including phenoxy) is 2. The second-order valence-electron chi connectivity index (χ2n) is 5.16. The first-order chi connectivity index (χ1) is 7.64. The second-order valence-corrected chi connectivity index (χ2v) is 5.16.